The summed E-state index contributed by atoms with van der Waals surface area (Å²) in [6.45, 7) is 11.6. The summed E-state index contributed by atoms with van der Waals surface area (Å²) >= 11 is 6.02. The molecule has 148 valence electrons. The minimum atomic E-state index is -0.260. The van der Waals surface area contributed by atoms with E-state index in [-0.39, 0.29) is 42.0 Å². The largest absolute Gasteiger partial charge is 0.493 e. The third-order valence-electron chi connectivity index (χ3n) is 3.01. The van der Waals surface area contributed by atoms with Gasteiger partial charge in [0.2, 0.25) is 5.91 Å². The van der Waals surface area contributed by atoms with Crippen LogP contribution in [-0.2, 0) is 11.3 Å². The molecule has 0 saturated heterocycles. The summed E-state index contributed by atoms with van der Waals surface area (Å²) in [5.41, 5.74) is 0.673. The van der Waals surface area contributed by atoms with E-state index in [1.54, 1.807) is 6.07 Å². The van der Waals surface area contributed by atoms with Crippen LogP contribution < -0.4 is 20.7 Å². The Morgan fingerprint density at radius 2 is 1.92 bits per heavy atom. The topological polar surface area (TPSA) is 74.8 Å². The van der Waals surface area contributed by atoms with Gasteiger partial charge in [-0.25, -0.2) is 4.99 Å². The predicted molar refractivity (Wildman–Crippen MR) is 119 cm³/mol. The summed E-state index contributed by atoms with van der Waals surface area (Å²) in [6, 6.07) is 5.49. The van der Waals surface area contributed by atoms with Gasteiger partial charge in [0.15, 0.2) is 5.96 Å². The van der Waals surface area contributed by atoms with Crippen molar-refractivity contribution in [1.29, 1.82) is 0 Å². The van der Waals surface area contributed by atoms with Crippen molar-refractivity contribution in [3.63, 3.8) is 0 Å². The number of carbonyl (C=O) groups is 1. The highest BCUT2D eigenvalue weighted by Gasteiger charge is 2.13. The maximum Gasteiger partial charge on any atom is 0.239 e. The first-order valence-corrected chi connectivity index (χ1v) is 8.87. The molecule has 0 saturated carbocycles. The van der Waals surface area contributed by atoms with E-state index in [1.807, 2.05) is 46.8 Å². The first-order valence-electron chi connectivity index (χ1n) is 8.49. The van der Waals surface area contributed by atoms with E-state index in [0.29, 0.717) is 30.7 Å². The number of rotatable bonds is 7. The van der Waals surface area contributed by atoms with Gasteiger partial charge in [-0.05, 0) is 46.8 Å². The molecule has 6 nitrogen and oxygen atoms in total. The van der Waals surface area contributed by atoms with E-state index in [1.165, 1.54) is 0 Å². The first kappa shape index (κ1) is 24.8. The standard InChI is InChI=1S/C18H29ClN4O2.HI/c1-6-20-17(22-12-16(24)23-18(3,4)5)21-11-13-8-9-14(19)10-15(13)25-7-2;/h8-10H,6-7,11-12H2,1-5H3,(H,23,24)(H2,20,21,22);1H. The average molecular weight is 497 g/mol. The Hall–Kier alpha value is -1.22. The fourth-order valence-electron chi connectivity index (χ4n) is 2.08. The Kier molecular flexibility index (Phi) is 11.6. The fourth-order valence-corrected chi connectivity index (χ4v) is 2.24. The summed E-state index contributed by atoms with van der Waals surface area (Å²) in [4.78, 5) is 16.4. The monoisotopic (exact) mass is 496 g/mol. The summed E-state index contributed by atoms with van der Waals surface area (Å²) in [5.74, 6) is 1.21. The van der Waals surface area contributed by atoms with E-state index in [0.717, 1.165) is 11.3 Å². The molecule has 0 atom stereocenters. The van der Waals surface area contributed by atoms with Crippen LogP contribution in [0.1, 0.15) is 40.2 Å². The van der Waals surface area contributed by atoms with Crippen LogP contribution in [0.5, 0.6) is 5.75 Å². The molecule has 3 N–H and O–H groups in total. The molecule has 0 aliphatic carbocycles. The molecule has 0 spiro atoms. The molecule has 0 fully saturated rings. The average Bonchev–Trinajstić information content (AvgIpc) is 2.50. The lowest BCUT2D eigenvalue weighted by molar-refractivity contribution is -0.121. The maximum absolute atomic E-state index is 11.9. The normalized spacial score (nSPS) is 11.4. The van der Waals surface area contributed by atoms with E-state index < -0.39 is 0 Å². The van der Waals surface area contributed by atoms with Crippen LogP contribution in [-0.4, -0.2) is 37.1 Å². The lowest BCUT2D eigenvalue weighted by Crippen LogP contribution is -2.48. The van der Waals surface area contributed by atoms with Crippen LogP contribution in [0.25, 0.3) is 0 Å². The van der Waals surface area contributed by atoms with Crippen molar-refractivity contribution in [2.75, 3.05) is 19.7 Å². The number of halogens is 2. The molecule has 1 amide bonds. The molecule has 0 aliphatic rings. The quantitative estimate of drug-likeness (QED) is 0.308. The number of hydrogen-bond donors (Lipinski definition) is 3. The van der Waals surface area contributed by atoms with E-state index in [9.17, 15) is 4.79 Å². The number of nitrogens with zero attached hydrogens (tertiary/aromatic N) is 1. The highest BCUT2D eigenvalue weighted by Crippen LogP contribution is 2.24. The van der Waals surface area contributed by atoms with Crippen molar-refractivity contribution in [2.24, 2.45) is 4.99 Å². The van der Waals surface area contributed by atoms with Gasteiger partial charge in [-0.3, -0.25) is 4.79 Å². The number of benzene rings is 1. The molecule has 26 heavy (non-hydrogen) atoms. The molecule has 0 unspecified atom stereocenters. The number of amides is 1. The summed E-state index contributed by atoms with van der Waals surface area (Å²) in [6.07, 6.45) is 0. The third kappa shape index (κ3) is 10.1. The molecule has 0 aromatic heterocycles. The fraction of sp³-hybridized carbons (Fsp3) is 0.556. The minimum Gasteiger partial charge on any atom is -0.493 e. The molecule has 0 radical (unpaired) electrons. The number of carbonyl (C=O) groups excluding carboxylic acids is 1. The Morgan fingerprint density at radius 3 is 2.50 bits per heavy atom. The number of aliphatic imine (C=N–C) groups is 1. The Bertz CT molecular complexity index is 603. The second kappa shape index (κ2) is 12.2. The number of guanidine groups is 1. The maximum atomic E-state index is 11.9. The van der Waals surface area contributed by atoms with Gasteiger partial charge in [-0.1, -0.05) is 17.7 Å². The molecule has 0 aliphatic heterocycles. The van der Waals surface area contributed by atoms with Crippen LogP contribution in [0.3, 0.4) is 0 Å². The van der Waals surface area contributed by atoms with Crippen molar-refractivity contribution in [3.05, 3.63) is 28.8 Å². The van der Waals surface area contributed by atoms with Gasteiger partial charge >= 0.3 is 0 Å². The molecular weight excluding hydrogens is 467 g/mol. The van der Waals surface area contributed by atoms with Crippen LogP contribution in [0.15, 0.2) is 23.2 Å². The molecule has 8 heteroatoms. The first-order chi connectivity index (χ1) is 11.7. The minimum absolute atomic E-state index is 0. The SMILES string of the molecule is CCNC(=NCc1ccc(Cl)cc1OCC)NCC(=O)NC(C)(C)C.I. The van der Waals surface area contributed by atoms with Crippen LogP contribution in [0.2, 0.25) is 5.02 Å². The van der Waals surface area contributed by atoms with Crippen molar-refractivity contribution in [3.8, 4) is 5.75 Å². The molecule has 0 heterocycles. The molecule has 0 bridgehead atoms. The van der Waals surface area contributed by atoms with Gasteiger partial charge in [-0.15, -0.1) is 24.0 Å². The second-order valence-electron chi connectivity index (χ2n) is 6.53. The Morgan fingerprint density at radius 1 is 1.23 bits per heavy atom. The van der Waals surface area contributed by atoms with Gasteiger partial charge in [0.25, 0.3) is 0 Å². The third-order valence-corrected chi connectivity index (χ3v) is 3.25. The van der Waals surface area contributed by atoms with Gasteiger partial charge in [0.05, 0.1) is 19.7 Å². The van der Waals surface area contributed by atoms with E-state index in [2.05, 4.69) is 20.9 Å². The molecular formula is C18H30ClIN4O2. The summed E-state index contributed by atoms with van der Waals surface area (Å²) < 4.78 is 5.60. The van der Waals surface area contributed by atoms with Crippen LogP contribution in [0.4, 0.5) is 0 Å². The Balaban J connectivity index is 0.00000625. The lowest BCUT2D eigenvalue weighted by atomic mass is 10.1. The number of nitrogens with one attached hydrogen (secondary N) is 3. The van der Waals surface area contributed by atoms with Crippen molar-refractivity contribution < 1.29 is 9.53 Å². The predicted octanol–water partition coefficient (Wildman–Crippen LogP) is 3.33. The Labute approximate surface area is 178 Å². The molecule has 1 aromatic rings. The number of ether oxygens (including phenoxy) is 1. The van der Waals surface area contributed by atoms with E-state index >= 15 is 0 Å². The zero-order valence-electron chi connectivity index (χ0n) is 16.1. The number of hydrogen-bond acceptors (Lipinski definition) is 3. The lowest BCUT2D eigenvalue weighted by Gasteiger charge is -2.21. The summed E-state index contributed by atoms with van der Waals surface area (Å²) in [5, 5.41) is 9.69. The van der Waals surface area contributed by atoms with Gasteiger partial charge in [-0.2, -0.15) is 0 Å². The highest BCUT2D eigenvalue weighted by molar-refractivity contribution is 14.0. The van der Waals surface area contributed by atoms with Gasteiger partial charge in [0, 0.05) is 22.7 Å². The zero-order chi connectivity index (χ0) is 18.9. The zero-order valence-corrected chi connectivity index (χ0v) is 19.2. The highest BCUT2D eigenvalue weighted by atomic mass is 127. The van der Waals surface area contributed by atoms with Crippen molar-refractivity contribution >= 4 is 47.4 Å². The van der Waals surface area contributed by atoms with E-state index in [4.69, 9.17) is 16.3 Å². The molecule has 1 aromatic carbocycles. The van der Waals surface area contributed by atoms with Gasteiger partial charge in [0.1, 0.15) is 5.75 Å². The van der Waals surface area contributed by atoms with Gasteiger partial charge < -0.3 is 20.7 Å². The second-order valence-corrected chi connectivity index (χ2v) is 6.97. The van der Waals surface area contributed by atoms with Crippen molar-refractivity contribution in [1.82, 2.24) is 16.0 Å². The summed E-state index contributed by atoms with van der Waals surface area (Å²) in [7, 11) is 0. The van der Waals surface area contributed by atoms with Crippen molar-refractivity contribution in [2.45, 2.75) is 46.7 Å². The van der Waals surface area contributed by atoms with Crippen LogP contribution >= 0.6 is 35.6 Å². The van der Waals surface area contributed by atoms with Crippen LogP contribution in [0, 0.1) is 0 Å². The molecule has 1 rings (SSSR count). The smallest absolute Gasteiger partial charge is 0.239 e.